The maximum atomic E-state index is 5.90. The fraction of sp³-hybridized carbons (Fsp3) is 0.462. The maximum Gasteiger partial charge on any atom is 0.180 e. The number of pyridine rings is 1. The molecule has 0 N–H and O–H groups in total. The van der Waals surface area contributed by atoms with E-state index in [2.05, 4.69) is 19.9 Å². The summed E-state index contributed by atoms with van der Waals surface area (Å²) in [7, 11) is 0. The van der Waals surface area contributed by atoms with Gasteiger partial charge in [-0.1, -0.05) is 0 Å². The van der Waals surface area contributed by atoms with Crippen molar-refractivity contribution in [3.05, 3.63) is 24.5 Å². The Bertz CT molecular complexity index is 579. The highest BCUT2D eigenvalue weighted by molar-refractivity contribution is 6.18. The summed E-state index contributed by atoms with van der Waals surface area (Å²) in [5, 5.41) is 0. The minimum absolute atomic E-state index is 0.0461. The van der Waals surface area contributed by atoms with Crippen molar-refractivity contribution in [3.63, 3.8) is 0 Å². The molecule has 0 radical (unpaired) electrons. The first-order chi connectivity index (χ1) is 9.26. The molecule has 0 aliphatic carbocycles. The molecule has 2 aromatic rings. The molecule has 0 bridgehead atoms. The summed E-state index contributed by atoms with van der Waals surface area (Å²) in [6.07, 6.45) is 3.52. The second-order valence-corrected chi connectivity index (χ2v) is 5.01. The van der Waals surface area contributed by atoms with Crippen molar-refractivity contribution >= 4 is 28.6 Å². The van der Waals surface area contributed by atoms with Gasteiger partial charge in [0.25, 0.3) is 0 Å². The van der Waals surface area contributed by atoms with Crippen LogP contribution in [0.5, 0.6) is 0 Å². The number of aromatic nitrogens is 3. The second-order valence-electron chi connectivity index (χ2n) is 4.70. The lowest BCUT2D eigenvalue weighted by atomic mass is 10.2. The van der Waals surface area contributed by atoms with Crippen LogP contribution in [0, 0.1) is 0 Å². The Morgan fingerprint density at radius 3 is 3.00 bits per heavy atom. The highest BCUT2D eigenvalue weighted by Crippen LogP contribution is 2.20. The first-order valence-electron chi connectivity index (χ1n) is 6.30. The van der Waals surface area contributed by atoms with Crippen LogP contribution in [0.4, 0.5) is 5.82 Å². The average molecular weight is 279 g/mol. The fourth-order valence-corrected chi connectivity index (χ4v) is 2.51. The zero-order valence-electron chi connectivity index (χ0n) is 10.7. The van der Waals surface area contributed by atoms with E-state index in [1.54, 1.807) is 12.4 Å². The fourth-order valence-electron chi connectivity index (χ4n) is 2.34. The van der Waals surface area contributed by atoms with Crippen LogP contribution in [0.3, 0.4) is 0 Å². The van der Waals surface area contributed by atoms with Gasteiger partial charge in [0, 0.05) is 25.5 Å². The monoisotopic (exact) mass is 278 g/mol. The number of alkyl halides is 1. The van der Waals surface area contributed by atoms with E-state index in [4.69, 9.17) is 16.3 Å². The van der Waals surface area contributed by atoms with Crippen molar-refractivity contribution in [2.24, 2.45) is 0 Å². The molecule has 0 amide bonds. The average Bonchev–Trinajstić information content (AvgIpc) is 2.46. The van der Waals surface area contributed by atoms with Gasteiger partial charge >= 0.3 is 0 Å². The van der Waals surface area contributed by atoms with E-state index in [9.17, 15) is 0 Å². The standard InChI is InChI=1S/C13H15ClN4O/c1-9-7-18(8-10(6-14)19-9)12-3-2-11-13(17-12)16-5-4-15-11/h2-5,9-10H,6-8H2,1H3. The van der Waals surface area contributed by atoms with E-state index in [1.165, 1.54) is 0 Å². The van der Waals surface area contributed by atoms with Crippen molar-refractivity contribution in [3.8, 4) is 0 Å². The molecule has 0 spiro atoms. The van der Waals surface area contributed by atoms with Gasteiger partial charge in [-0.15, -0.1) is 11.6 Å². The Kier molecular flexibility index (Phi) is 3.48. The van der Waals surface area contributed by atoms with E-state index >= 15 is 0 Å². The second kappa shape index (κ2) is 5.27. The quantitative estimate of drug-likeness (QED) is 0.785. The molecule has 100 valence electrons. The van der Waals surface area contributed by atoms with Crippen molar-refractivity contribution in [2.75, 3.05) is 23.9 Å². The smallest absolute Gasteiger partial charge is 0.180 e. The Labute approximate surface area is 116 Å². The molecule has 2 atom stereocenters. The third-order valence-electron chi connectivity index (χ3n) is 3.14. The Morgan fingerprint density at radius 1 is 1.32 bits per heavy atom. The van der Waals surface area contributed by atoms with Gasteiger partial charge in [-0.25, -0.2) is 9.97 Å². The summed E-state index contributed by atoms with van der Waals surface area (Å²) in [5.74, 6) is 1.40. The van der Waals surface area contributed by atoms with E-state index in [0.717, 1.165) is 24.4 Å². The summed E-state index contributed by atoms with van der Waals surface area (Å²) < 4.78 is 5.75. The number of rotatable bonds is 2. The van der Waals surface area contributed by atoms with Crippen LogP contribution < -0.4 is 4.90 Å². The Balaban J connectivity index is 1.90. The van der Waals surface area contributed by atoms with Gasteiger partial charge in [0.2, 0.25) is 0 Å². The van der Waals surface area contributed by atoms with Gasteiger partial charge in [-0.05, 0) is 19.1 Å². The van der Waals surface area contributed by atoms with Crippen molar-refractivity contribution in [1.29, 1.82) is 0 Å². The molecule has 5 nitrogen and oxygen atoms in total. The van der Waals surface area contributed by atoms with E-state index in [0.29, 0.717) is 11.5 Å². The minimum Gasteiger partial charge on any atom is -0.370 e. The lowest BCUT2D eigenvalue weighted by Gasteiger charge is -2.36. The van der Waals surface area contributed by atoms with Crippen LogP contribution in [0.25, 0.3) is 11.2 Å². The maximum absolute atomic E-state index is 5.90. The topological polar surface area (TPSA) is 51.1 Å². The number of hydrogen-bond donors (Lipinski definition) is 0. The minimum atomic E-state index is 0.0461. The highest BCUT2D eigenvalue weighted by atomic mass is 35.5. The van der Waals surface area contributed by atoms with Gasteiger partial charge in [-0.3, -0.25) is 4.98 Å². The SMILES string of the molecule is CC1CN(c2ccc3nccnc3n2)CC(CCl)O1. The van der Waals surface area contributed by atoms with Crippen LogP contribution in [0.2, 0.25) is 0 Å². The lowest BCUT2D eigenvalue weighted by Crippen LogP contribution is -2.47. The van der Waals surface area contributed by atoms with E-state index in [-0.39, 0.29) is 12.2 Å². The molecule has 1 saturated heterocycles. The van der Waals surface area contributed by atoms with Crippen LogP contribution in [0.15, 0.2) is 24.5 Å². The molecule has 1 fully saturated rings. The predicted molar refractivity (Wildman–Crippen MR) is 74.6 cm³/mol. The molecule has 6 heteroatoms. The van der Waals surface area contributed by atoms with Gasteiger partial charge < -0.3 is 9.64 Å². The van der Waals surface area contributed by atoms with Crippen LogP contribution in [-0.2, 0) is 4.74 Å². The first-order valence-corrected chi connectivity index (χ1v) is 6.84. The van der Waals surface area contributed by atoms with E-state index in [1.807, 2.05) is 19.1 Å². The number of fused-ring (bicyclic) bond motifs is 1. The molecule has 19 heavy (non-hydrogen) atoms. The molecule has 3 rings (SSSR count). The van der Waals surface area contributed by atoms with Crippen molar-refractivity contribution < 1.29 is 4.74 Å². The van der Waals surface area contributed by atoms with Crippen LogP contribution in [-0.4, -0.2) is 46.1 Å². The third-order valence-corrected chi connectivity index (χ3v) is 3.48. The molecule has 2 unspecified atom stereocenters. The number of hydrogen-bond acceptors (Lipinski definition) is 5. The Hall–Kier alpha value is -1.46. The molecule has 0 saturated carbocycles. The summed E-state index contributed by atoms with van der Waals surface area (Å²) in [5.41, 5.74) is 1.48. The molecule has 1 aliphatic heterocycles. The van der Waals surface area contributed by atoms with Crippen LogP contribution >= 0.6 is 11.6 Å². The summed E-state index contributed by atoms with van der Waals surface area (Å²) in [6.45, 7) is 3.62. The number of morpholine rings is 1. The lowest BCUT2D eigenvalue weighted by molar-refractivity contribution is -0.00355. The first kappa shape index (κ1) is 12.6. The molecular formula is C13H15ClN4O. The molecule has 2 aromatic heterocycles. The molecule has 3 heterocycles. The van der Waals surface area contributed by atoms with Crippen molar-refractivity contribution in [1.82, 2.24) is 15.0 Å². The Morgan fingerprint density at radius 2 is 2.16 bits per heavy atom. The van der Waals surface area contributed by atoms with E-state index < -0.39 is 0 Å². The molecular weight excluding hydrogens is 264 g/mol. The predicted octanol–water partition coefficient (Wildman–Crippen LogP) is 1.86. The van der Waals surface area contributed by atoms with Gasteiger partial charge in [0.05, 0.1) is 18.1 Å². The van der Waals surface area contributed by atoms with Gasteiger partial charge in [0.1, 0.15) is 11.3 Å². The molecule has 1 aliphatic rings. The number of anilines is 1. The van der Waals surface area contributed by atoms with Crippen molar-refractivity contribution in [2.45, 2.75) is 19.1 Å². The largest absolute Gasteiger partial charge is 0.370 e. The highest BCUT2D eigenvalue weighted by Gasteiger charge is 2.25. The van der Waals surface area contributed by atoms with Crippen LogP contribution in [0.1, 0.15) is 6.92 Å². The summed E-state index contributed by atoms with van der Waals surface area (Å²) in [4.78, 5) is 15.2. The van der Waals surface area contributed by atoms with Gasteiger partial charge in [-0.2, -0.15) is 0 Å². The number of ether oxygens (including phenoxy) is 1. The summed E-state index contributed by atoms with van der Waals surface area (Å²) in [6, 6.07) is 3.92. The number of nitrogens with zero attached hydrogens (tertiary/aromatic N) is 4. The third kappa shape index (κ3) is 2.62. The normalized spacial score (nSPS) is 23.8. The summed E-state index contributed by atoms with van der Waals surface area (Å²) >= 11 is 5.90. The zero-order chi connectivity index (χ0) is 13.2. The van der Waals surface area contributed by atoms with Gasteiger partial charge in [0.15, 0.2) is 5.65 Å². The number of halogens is 1. The zero-order valence-corrected chi connectivity index (χ0v) is 11.4. The molecule has 0 aromatic carbocycles.